The van der Waals surface area contributed by atoms with Crippen molar-refractivity contribution in [1.82, 2.24) is 14.1 Å². The summed E-state index contributed by atoms with van der Waals surface area (Å²) in [7, 11) is 1.46. The highest BCUT2D eigenvalue weighted by molar-refractivity contribution is 6.31. The van der Waals surface area contributed by atoms with Crippen LogP contribution in [0.3, 0.4) is 0 Å². The molecule has 0 aliphatic carbocycles. The Morgan fingerprint density at radius 1 is 1.24 bits per heavy atom. The largest absolute Gasteiger partial charge is 0.495 e. The average molecular weight is 436 g/mol. The molecule has 3 rings (SSSR count). The lowest BCUT2D eigenvalue weighted by molar-refractivity contribution is -0.141. The molecule has 0 fully saturated rings. The zero-order valence-corrected chi connectivity index (χ0v) is 17.3. The van der Waals surface area contributed by atoms with Crippen molar-refractivity contribution in [1.29, 1.82) is 0 Å². The first kappa shape index (κ1) is 21.0. The smallest absolute Gasteiger partial charge is 0.326 e. The van der Waals surface area contributed by atoms with Gasteiger partial charge in [-0.1, -0.05) is 36.5 Å². The lowest BCUT2D eigenvalue weighted by Gasteiger charge is -2.19. The molecular weight excluding hydrogens is 417 g/mol. The summed E-state index contributed by atoms with van der Waals surface area (Å²) in [6.45, 7) is 1.86. The Balaban J connectivity index is 2.22. The van der Waals surface area contributed by atoms with Crippen molar-refractivity contribution in [3.05, 3.63) is 63.5 Å². The Labute approximate surface area is 177 Å². The molecular formula is C20H19Cl2N3O4. The maximum absolute atomic E-state index is 12.8. The minimum atomic E-state index is -1.07. The number of imidazole rings is 1. The van der Waals surface area contributed by atoms with Gasteiger partial charge in [0.1, 0.15) is 23.3 Å². The highest BCUT2D eigenvalue weighted by atomic mass is 35.5. The minimum absolute atomic E-state index is 0.317. The van der Waals surface area contributed by atoms with Crippen molar-refractivity contribution in [3.8, 4) is 22.6 Å². The lowest BCUT2D eigenvalue weighted by atomic mass is 10.0. The number of methoxy groups -OCH3 is 1. The summed E-state index contributed by atoms with van der Waals surface area (Å²) < 4.78 is 8.38. The second-order valence-corrected chi connectivity index (χ2v) is 7.23. The minimum Gasteiger partial charge on any atom is -0.495 e. The maximum Gasteiger partial charge on any atom is 0.326 e. The van der Waals surface area contributed by atoms with Crippen LogP contribution in [0.15, 0.2) is 47.8 Å². The van der Waals surface area contributed by atoms with Crippen molar-refractivity contribution < 1.29 is 14.6 Å². The van der Waals surface area contributed by atoms with E-state index < -0.39 is 17.6 Å². The Morgan fingerprint density at radius 3 is 2.59 bits per heavy atom. The van der Waals surface area contributed by atoms with Gasteiger partial charge >= 0.3 is 5.97 Å². The summed E-state index contributed by atoms with van der Waals surface area (Å²) in [5.74, 6) is -0.720. The van der Waals surface area contributed by atoms with Gasteiger partial charge in [0.05, 0.1) is 19.0 Å². The van der Waals surface area contributed by atoms with Crippen LogP contribution in [0.5, 0.6) is 5.75 Å². The first-order chi connectivity index (χ1) is 13.8. The Morgan fingerprint density at radius 2 is 2.00 bits per heavy atom. The first-order valence-corrected chi connectivity index (χ1v) is 9.64. The maximum atomic E-state index is 12.8. The third kappa shape index (κ3) is 4.31. The number of hydrogen-bond acceptors (Lipinski definition) is 4. The molecule has 152 valence electrons. The number of nitrogens with zero attached hydrogens (tertiary/aromatic N) is 3. The third-order valence-corrected chi connectivity index (χ3v) is 4.96. The molecule has 1 aromatic carbocycles. The second-order valence-electron chi connectivity index (χ2n) is 6.41. The van der Waals surface area contributed by atoms with E-state index in [-0.39, 0.29) is 0 Å². The molecule has 0 saturated heterocycles. The fourth-order valence-corrected chi connectivity index (χ4v) is 3.50. The second kappa shape index (κ2) is 8.71. The van der Waals surface area contributed by atoms with E-state index >= 15 is 0 Å². The number of ether oxygens (including phenoxy) is 1. The summed E-state index contributed by atoms with van der Waals surface area (Å²) in [5.41, 5.74) is 1.34. The topological polar surface area (TPSA) is 86.3 Å². The molecule has 2 aromatic heterocycles. The molecule has 0 radical (unpaired) electrons. The number of halogens is 2. The van der Waals surface area contributed by atoms with Gasteiger partial charge < -0.3 is 14.4 Å². The fourth-order valence-electron chi connectivity index (χ4n) is 3.18. The normalized spacial score (nSPS) is 12.0. The van der Waals surface area contributed by atoms with Crippen LogP contribution in [0.1, 0.15) is 25.8 Å². The third-order valence-electron chi connectivity index (χ3n) is 4.52. The number of benzene rings is 1. The number of carboxylic acid groups (broad SMARTS) is 1. The van der Waals surface area contributed by atoms with E-state index in [1.165, 1.54) is 23.9 Å². The molecule has 2 heterocycles. The van der Waals surface area contributed by atoms with Gasteiger partial charge in [-0.15, -0.1) is 0 Å². The molecule has 1 unspecified atom stereocenters. The van der Waals surface area contributed by atoms with E-state index in [1.807, 2.05) is 6.92 Å². The molecule has 0 bridgehead atoms. The Hall–Kier alpha value is -2.77. The number of rotatable bonds is 7. The van der Waals surface area contributed by atoms with Crippen LogP contribution < -0.4 is 10.3 Å². The number of pyridine rings is 1. The van der Waals surface area contributed by atoms with Crippen LogP contribution in [-0.2, 0) is 4.79 Å². The SMILES string of the molecule is CCCC(C(=O)O)n1cc(OC)c(-c2cc(Cl)ccc2-n2cnc(Cl)c2)cc1=O. The van der Waals surface area contributed by atoms with Gasteiger partial charge in [-0.2, -0.15) is 0 Å². The number of hydrogen-bond donors (Lipinski definition) is 1. The summed E-state index contributed by atoms with van der Waals surface area (Å²) >= 11 is 12.2. The summed E-state index contributed by atoms with van der Waals surface area (Å²) in [6.07, 6.45) is 5.55. The molecule has 0 saturated carbocycles. The van der Waals surface area contributed by atoms with E-state index in [9.17, 15) is 14.7 Å². The molecule has 0 aliphatic rings. The van der Waals surface area contributed by atoms with Crippen LogP contribution in [0.4, 0.5) is 0 Å². The quantitative estimate of drug-likeness (QED) is 0.592. The average Bonchev–Trinajstić information content (AvgIpc) is 3.12. The van der Waals surface area contributed by atoms with E-state index in [0.29, 0.717) is 45.6 Å². The highest BCUT2D eigenvalue weighted by Crippen LogP contribution is 2.35. The standard InChI is InChI=1S/C20H19Cl2N3O4/c1-3-4-16(20(27)28)25-9-17(29-2)14(8-19(25)26)13-7-12(21)5-6-15(13)24-10-18(22)23-11-24/h5-11,16H,3-4H2,1-2H3,(H,27,28). The molecule has 1 atom stereocenters. The molecule has 0 amide bonds. The van der Waals surface area contributed by atoms with Gasteiger partial charge in [-0.3, -0.25) is 9.36 Å². The molecule has 29 heavy (non-hydrogen) atoms. The molecule has 1 N–H and O–H groups in total. The van der Waals surface area contributed by atoms with E-state index in [1.54, 1.807) is 35.3 Å². The van der Waals surface area contributed by atoms with Gasteiger partial charge in [0.15, 0.2) is 0 Å². The van der Waals surface area contributed by atoms with Gasteiger partial charge in [-0.25, -0.2) is 9.78 Å². The van der Waals surface area contributed by atoms with Crippen LogP contribution in [0.2, 0.25) is 10.2 Å². The van der Waals surface area contributed by atoms with Crippen molar-refractivity contribution in [2.75, 3.05) is 7.11 Å². The van der Waals surface area contributed by atoms with Gasteiger partial charge in [0, 0.05) is 28.4 Å². The molecule has 7 nitrogen and oxygen atoms in total. The summed E-state index contributed by atoms with van der Waals surface area (Å²) in [4.78, 5) is 28.5. The number of aliphatic carboxylic acids is 1. The van der Waals surface area contributed by atoms with Crippen LogP contribution in [0.25, 0.3) is 16.8 Å². The van der Waals surface area contributed by atoms with Gasteiger partial charge in [0.2, 0.25) is 0 Å². The van der Waals surface area contributed by atoms with Crippen molar-refractivity contribution in [2.24, 2.45) is 0 Å². The van der Waals surface area contributed by atoms with Crippen molar-refractivity contribution in [3.63, 3.8) is 0 Å². The summed E-state index contributed by atoms with van der Waals surface area (Å²) in [5, 5.41) is 10.3. The van der Waals surface area contributed by atoms with Gasteiger partial charge in [0.25, 0.3) is 5.56 Å². The van der Waals surface area contributed by atoms with Gasteiger partial charge in [-0.05, 0) is 24.6 Å². The molecule has 0 spiro atoms. The molecule has 9 heteroatoms. The Kier molecular flexibility index (Phi) is 6.30. The van der Waals surface area contributed by atoms with Crippen molar-refractivity contribution in [2.45, 2.75) is 25.8 Å². The number of aromatic nitrogens is 3. The monoisotopic (exact) mass is 435 g/mol. The van der Waals surface area contributed by atoms with Crippen LogP contribution in [-0.4, -0.2) is 32.3 Å². The predicted octanol–water partition coefficient (Wildman–Crippen LogP) is 4.44. The first-order valence-electron chi connectivity index (χ1n) is 8.88. The lowest BCUT2D eigenvalue weighted by Crippen LogP contribution is -2.29. The number of carboxylic acids is 1. The fraction of sp³-hybridized carbons (Fsp3) is 0.250. The van der Waals surface area contributed by atoms with Crippen LogP contribution >= 0.6 is 23.2 Å². The van der Waals surface area contributed by atoms with E-state index in [0.717, 1.165) is 0 Å². The predicted molar refractivity (Wildman–Crippen MR) is 111 cm³/mol. The van der Waals surface area contributed by atoms with E-state index in [2.05, 4.69) is 4.98 Å². The summed E-state index contributed by atoms with van der Waals surface area (Å²) in [6, 6.07) is 5.58. The number of carbonyl (C=O) groups is 1. The highest BCUT2D eigenvalue weighted by Gasteiger charge is 2.23. The van der Waals surface area contributed by atoms with Crippen LogP contribution in [0, 0.1) is 0 Å². The van der Waals surface area contributed by atoms with E-state index in [4.69, 9.17) is 27.9 Å². The molecule has 0 aliphatic heterocycles. The zero-order chi connectivity index (χ0) is 21.1. The molecule has 3 aromatic rings. The zero-order valence-electron chi connectivity index (χ0n) is 15.8. The van der Waals surface area contributed by atoms with Crippen molar-refractivity contribution >= 4 is 29.2 Å². The Bertz CT molecular complexity index is 1110.